The molecular weight excluding hydrogens is 584 g/mol. The van der Waals surface area contributed by atoms with Crippen LogP contribution in [-0.2, 0) is 25.3 Å². The average molecular weight is 614 g/mol. The monoisotopic (exact) mass is 613 g/mol. The van der Waals surface area contributed by atoms with E-state index in [0.29, 0.717) is 9.87 Å². The number of carbonyl (C=O) groups is 2. The standard InChI is InChI=1S/C25H29F4N8O4S/c1-14-10-15(11-30)12-31-18(14)20(38)34-17-9-8-16(26)19(33-17)24(5,6)36-21(35-22(39)41-23(2,3)4)37(7)42(40)32-13-25(27,28)29/h8-10,12H,13H2,1-7H3,(H,33,34,38)(H,35,36,39)/q-1. The van der Waals surface area contributed by atoms with E-state index in [-0.39, 0.29) is 22.8 Å². The van der Waals surface area contributed by atoms with Gasteiger partial charge in [0, 0.05) is 6.20 Å². The molecule has 0 atom stereocenters. The van der Waals surface area contributed by atoms with Crippen LogP contribution in [0.2, 0.25) is 0 Å². The Bertz CT molecular complexity index is 1510. The highest BCUT2D eigenvalue weighted by atomic mass is 32.2. The SMILES string of the molecule is Cc1cc(C#N)cnc1C(=O)Nc1ccc(F)c(C(C)(C)N=C(NC(=O)OC(C)(C)C)N(C)[S-](=O)=NCC(F)(F)F)n1. The molecule has 0 aliphatic carbocycles. The van der Waals surface area contributed by atoms with Crippen LogP contribution in [0.5, 0.6) is 0 Å². The molecule has 2 aromatic heterocycles. The number of pyridine rings is 2. The molecule has 0 radical (unpaired) electrons. The first-order valence-corrected chi connectivity index (χ1v) is 13.1. The lowest BCUT2D eigenvalue weighted by Crippen LogP contribution is -2.45. The van der Waals surface area contributed by atoms with E-state index < -0.39 is 58.4 Å². The van der Waals surface area contributed by atoms with Gasteiger partial charge in [0.1, 0.15) is 46.8 Å². The summed E-state index contributed by atoms with van der Waals surface area (Å²) >= 11 is 0. The van der Waals surface area contributed by atoms with Crippen LogP contribution in [0.3, 0.4) is 0 Å². The molecule has 2 N–H and O–H groups in total. The summed E-state index contributed by atoms with van der Waals surface area (Å²) < 4.78 is 74.3. The van der Waals surface area contributed by atoms with Gasteiger partial charge in [-0.1, -0.05) is 10.8 Å². The van der Waals surface area contributed by atoms with Gasteiger partial charge in [-0.25, -0.2) is 24.1 Å². The highest BCUT2D eigenvalue weighted by Crippen LogP contribution is 2.28. The van der Waals surface area contributed by atoms with Crippen molar-refractivity contribution >= 4 is 34.6 Å². The van der Waals surface area contributed by atoms with Gasteiger partial charge in [0.15, 0.2) is 5.96 Å². The quantitative estimate of drug-likeness (QED) is 0.206. The number of nitrogens with zero attached hydrogens (tertiary/aromatic N) is 6. The Morgan fingerprint density at radius 2 is 1.83 bits per heavy atom. The van der Waals surface area contributed by atoms with Crippen LogP contribution in [0.25, 0.3) is 0 Å². The van der Waals surface area contributed by atoms with Crippen LogP contribution in [0.4, 0.5) is 28.2 Å². The van der Waals surface area contributed by atoms with Gasteiger partial charge in [0.25, 0.3) is 5.91 Å². The molecule has 0 bridgehead atoms. The van der Waals surface area contributed by atoms with Gasteiger partial charge in [0.2, 0.25) is 0 Å². The van der Waals surface area contributed by atoms with Gasteiger partial charge in [-0.15, -0.1) is 0 Å². The van der Waals surface area contributed by atoms with Crippen LogP contribution in [0, 0.1) is 24.1 Å². The Balaban J connectivity index is 2.50. The molecule has 0 spiro atoms. The number of hydrogen-bond acceptors (Lipinski definition) is 10. The van der Waals surface area contributed by atoms with Crippen molar-refractivity contribution in [2.24, 2.45) is 9.36 Å². The summed E-state index contributed by atoms with van der Waals surface area (Å²) in [5.74, 6) is -2.25. The zero-order chi connectivity index (χ0) is 32.0. The van der Waals surface area contributed by atoms with Crippen molar-refractivity contribution in [3.63, 3.8) is 0 Å². The number of rotatable bonds is 6. The van der Waals surface area contributed by atoms with Crippen molar-refractivity contribution in [1.29, 1.82) is 5.26 Å². The summed E-state index contributed by atoms with van der Waals surface area (Å²) in [5, 5.41) is 13.7. The fourth-order valence-electron chi connectivity index (χ4n) is 3.17. The number of nitrogens with one attached hydrogen (secondary N) is 2. The molecule has 2 rings (SSSR count). The minimum atomic E-state index is -4.74. The Morgan fingerprint density at radius 3 is 2.38 bits per heavy atom. The molecule has 0 aliphatic rings. The van der Waals surface area contributed by atoms with Crippen molar-refractivity contribution in [2.45, 2.75) is 58.9 Å². The smallest absolute Gasteiger partial charge is 0.414 e. The van der Waals surface area contributed by atoms with E-state index in [0.717, 1.165) is 13.1 Å². The zero-order valence-electron chi connectivity index (χ0n) is 23.8. The number of nitriles is 1. The van der Waals surface area contributed by atoms with Gasteiger partial charge in [0.05, 0.1) is 5.56 Å². The van der Waals surface area contributed by atoms with E-state index in [1.807, 2.05) is 6.07 Å². The van der Waals surface area contributed by atoms with Crippen LogP contribution < -0.4 is 10.6 Å². The first kappa shape index (κ1) is 33.9. The first-order chi connectivity index (χ1) is 19.2. The molecule has 0 saturated heterocycles. The van der Waals surface area contributed by atoms with E-state index >= 15 is 4.39 Å². The molecule has 2 aromatic rings. The molecule has 12 nitrogen and oxygen atoms in total. The summed E-state index contributed by atoms with van der Waals surface area (Å²) in [5.41, 5.74) is -2.34. The molecule has 0 unspecified atom stereocenters. The third kappa shape index (κ3) is 9.94. The highest BCUT2D eigenvalue weighted by molar-refractivity contribution is 7.72. The Morgan fingerprint density at radius 1 is 1.19 bits per heavy atom. The van der Waals surface area contributed by atoms with Gasteiger partial charge in [-0.05, 0) is 72.4 Å². The summed E-state index contributed by atoms with van der Waals surface area (Å²) in [7, 11) is -1.63. The number of aryl methyl sites for hydroxylation is 1. The molecule has 2 heterocycles. The molecule has 0 aliphatic heterocycles. The van der Waals surface area contributed by atoms with Crippen molar-refractivity contribution in [3.8, 4) is 6.07 Å². The molecular formula is C25H29F4N8O4S-. The van der Waals surface area contributed by atoms with E-state index in [9.17, 15) is 27.0 Å². The number of guanidine groups is 1. The number of halogens is 4. The van der Waals surface area contributed by atoms with Crippen LogP contribution in [0.1, 0.15) is 61.9 Å². The highest BCUT2D eigenvalue weighted by Gasteiger charge is 2.29. The lowest BCUT2D eigenvalue weighted by Gasteiger charge is -2.30. The number of alkyl halides is 3. The fraction of sp³-hybridized carbons (Fsp3) is 0.440. The average Bonchev–Trinajstić information content (AvgIpc) is 2.85. The largest absolute Gasteiger partial charge is 0.444 e. The third-order valence-corrected chi connectivity index (χ3v) is 5.97. The van der Waals surface area contributed by atoms with Crippen molar-refractivity contribution in [3.05, 3.63) is 52.7 Å². The summed E-state index contributed by atoms with van der Waals surface area (Å²) in [6, 6.07) is 5.54. The third-order valence-electron chi connectivity index (χ3n) is 4.97. The topological polar surface area (TPSA) is 162 Å². The van der Waals surface area contributed by atoms with Gasteiger partial charge < -0.3 is 22.9 Å². The van der Waals surface area contributed by atoms with Crippen LogP contribution in [-0.4, -0.2) is 57.6 Å². The molecule has 228 valence electrons. The summed E-state index contributed by atoms with van der Waals surface area (Å²) in [6.45, 7) is 7.22. The molecule has 17 heteroatoms. The van der Waals surface area contributed by atoms with E-state index in [2.05, 4.69) is 30.0 Å². The number of ether oxygens (including phenoxy) is 1. The summed E-state index contributed by atoms with van der Waals surface area (Å²) in [4.78, 5) is 37.6. The predicted molar refractivity (Wildman–Crippen MR) is 145 cm³/mol. The maximum Gasteiger partial charge on any atom is 0.414 e. The van der Waals surface area contributed by atoms with Gasteiger partial charge >= 0.3 is 12.3 Å². The van der Waals surface area contributed by atoms with E-state index in [4.69, 9.17) is 10.00 Å². The number of alkyl carbamates (subject to hydrolysis) is 1. The second-order valence-corrected chi connectivity index (χ2v) is 11.5. The fourth-order valence-corrected chi connectivity index (χ4v) is 3.83. The molecule has 42 heavy (non-hydrogen) atoms. The predicted octanol–water partition coefficient (Wildman–Crippen LogP) is 4.72. The number of aliphatic imine (C=N–C) groups is 1. The number of aromatic nitrogens is 2. The molecule has 2 amide bonds. The normalized spacial score (nSPS) is 13.2. The van der Waals surface area contributed by atoms with Crippen molar-refractivity contribution in [2.75, 3.05) is 18.9 Å². The van der Waals surface area contributed by atoms with Crippen LogP contribution in [0.15, 0.2) is 33.8 Å². The zero-order valence-corrected chi connectivity index (χ0v) is 24.6. The lowest BCUT2D eigenvalue weighted by atomic mass is 10.0. The number of anilines is 1. The van der Waals surface area contributed by atoms with Crippen LogP contribution >= 0.6 is 0 Å². The van der Waals surface area contributed by atoms with E-state index in [1.165, 1.54) is 32.2 Å². The maximum absolute atomic E-state index is 15.0. The first-order valence-electron chi connectivity index (χ1n) is 12.1. The Hall–Kier alpha value is -4.33. The van der Waals surface area contributed by atoms with Crippen molar-refractivity contribution in [1.82, 2.24) is 19.6 Å². The number of amides is 2. The van der Waals surface area contributed by atoms with Crippen molar-refractivity contribution < 1.29 is 36.1 Å². The minimum absolute atomic E-state index is 0.00508. The molecule has 0 fully saturated rings. The Labute approximate surface area is 241 Å². The Kier molecular flexibility index (Phi) is 10.6. The van der Waals surface area contributed by atoms with Gasteiger partial charge in [-0.3, -0.25) is 10.1 Å². The lowest BCUT2D eigenvalue weighted by molar-refractivity contribution is -0.117. The molecule has 0 aromatic carbocycles. The van der Waals surface area contributed by atoms with E-state index in [1.54, 1.807) is 27.7 Å². The molecule has 0 saturated carbocycles. The number of carbonyl (C=O) groups excluding carboxylic acids is 2. The number of hydrogen-bond donors (Lipinski definition) is 2. The minimum Gasteiger partial charge on any atom is -0.444 e. The summed E-state index contributed by atoms with van der Waals surface area (Å²) in [6.07, 6.45) is -4.62. The second kappa shape index (κ2) is 13.1. The second-order valence-electron chi connectivity index (χ2n) is 10.2. The maximum atomic E-state index is 15.0. The van der Waals surface area contributed by atoms with Gasteiger partial charge in [-0.2, -0.15) is 18.4 Å².